The summed E-state index contributed by atoms with van der Waals surface area (Å²) in [6, 6.07) is 0. The van der Waals surface area contributed by atoms with E-state index < -0.39 is 0 Å². The fourth-order valence-electron chi connectivity index (χ4n) is 2.13. The van der Waals surface area contributed by atoms with Crippen LogP contribution in [0.25, 0.3) is 0 Å². The van der Waals surface area contributed by atoms with Crippen LogP contribution in [0, 0.1) is 0 Å². The van der Waals surface area contributed by atoms with Crippen LogP contribution in [0.3, 0.4) is 0 Å². The van der Waals surface area contributed by atoms with E-state index in [1.54, 1.807) is 0 Å². The van der Waals surface area contributed by atoms with Crippen molar-refractivity contribution in [3.63, 3.8) is 0 Å². The van der Waals surface area contributed by atoms with Gasteiger partial charge in [-0.3, -0.25) is 0 Å². The second-order valence-electron chi connectivity index (χ2n) is 5.37. The molecule has 0 aromatic rings. The summed E-state index contributed by atoms with van der Waals surface area (Å²) in [6.07, 6.45) is 26.8. The lowest BCUT2D eigenvalue weighted by Gasteiger charge is -1.98. The minimum absolute atomic E-state index is 1.13. The van der Waals surface area contributed by atoms with E-state index in [1.165, 1.54) is 76.8 Å². The van der Waals surface area contributed by atoms with Crippen LogP contribution < -0.4 is 0 Å². The van der Waals surface area contributed by atoms with Crippen molar-refractivity contribution in [1.82, 2.24) is 0 Å². The summed E-state index contributed by atoms with van der Waals surface area (Å²) < 4.78 is 0. The zero-order valence-corrected chi connectivity index (χ0v) is 14.2. The Kier molecular flexibility index (Phi) is 17.8. The van der Waals surface area contributed by atoms with E-state index in [0.717, 1.165) is 6.42 Å². The molecule has 0 aliphatic rings. The fraction of sp³-hybridized carbons (Fsp3) is 0.778. The van der Waals surface area contributed by atoms with Gasteiger partial charge in [0.05, 0.1) is 0 Å². The van der Waals surface area contributed by atoms with Crippen molar-refractivity contribution < 1.29 is 0 Å². The molecule has 112 valence electrons. The van der Waals surface area contributed by atoms with Gasteiger partial charge >= 0.3 is 0 Å². The smallest absolute Gasteiger partial charge is 0.0169 e. The van der Waals surface area contributed by atoms with Crippen LogP contribution in [0.2, 0.25) is 0 Å². The van der Waals surface area contributed by atoms with Crippen molar-refractivity contribution in [2.75, 3.05) is 6.16 Å². The summed E-state index contributed by atoms with van der Waals surface area (Å²) in [5.41, 5.74) is 0. The van der Waals surface area contributed by atoms with Crippen molar-refractivity contribution in [2.24, 2.45) is 0 Å². The SMILES string of the molecule is CCCCC/C=C\C/C=C\CCCCCCCCP. The molecule has 0 N–H and O–H groups in total. The lowest BCUT2D eigenvalue weighted by atomic mass is 10.1. The molecule has 1 unspecified atom stereocenters. The summed E-state index contributed by atoms with van der Waals surface area (Å²) >= 11 is 0. The Balaban J connectivity index is 3.12. The van der Waals surface area contributed by atoms with E-state index in [-0.39, 0.29) is 0 Å². The van der Waals surface area contributed by atoms with E-state index in [9.17, 15) is 0 Å². The van der Waals surface area contributed by atoms with Gasteiger partial charge in [0.25, 0.3) is 0 Å². The number of unbranched alkanes of at least 4 members (excludes halogenated alkanes) is 9. The third-order valence-electron chi connectivity index (χ3n) is 3.40. The Hall–Kier alpha value is -0.0900. The molecule has 1 heteroatoms. The Morgan fingerprint density at radius 2 is 1.16 bits per heavy atom. The molecule has 0 saturated carbocycles. The predicted octanol–water partition coefficient (Wildman–Crippen LogP) is 6.68. The minimum atomic E-state index is 1.13. The topological polar surface area (TPSA) is 0 Å². The normalized spacial score (nSPS) is 11.9. The lowest BCUT2D eigenvalue weighted by Crippen LogP contribution is -1.80. The third kappa shape index (κ3) is 17.9. The molecule has 0 nitrogen and oxygen atoms in total. The first-order valence-electron chi connectivity index (χ1n) is 8.42. The molecular formula is C18H35P. The van der Waals surface area contributed by atoms with Crippen molar-refractivity contribution in [3.05, 3.63) is 24.3 Å². The van der Waals surface area contributed by atoms with Gasteiger partial charge in [-0.1, -0.05) is 69.8 Å². The Labute approximate surface area is 124 Å². The third-order valence-corrected chi connectivity index (χ3v) is 3.81. The Morgan fingerprint density at radius 1 is 0.632 bits per heavy atom. The molecule has 0 saturated heterocycles. The summed E-state index contributed by atoms with van der Waals surface area (Å²) in [5.74, 6) is 0. The average molecular weight is 282 g/mol. The largest absolute Gasteiger partial charge is 0.138 e. The molecule has 0 bridgehead atoms. The number of hydrogen-bond donors (Lipinski definition) is 0. The van der Waals surface area contributed by atoms with Crippen LogP contribution in [0.5, 0.6) is 0 Å². The number of allylic oxidation sites excluding steroid dienone is 4. The van der Waals surface area contributed by atoms with Crippen LogP contribution in [0.15, 0.2) is 24.3 Å². The van der Waals surface area contributed by atoms with Gasteiger partial charge in [0, 0.05) is 0 Å². The molecule has 0 rings (SSSR count). The molecule has 19 heavy (non-hydrogen) atoms. The highest BCUT2D eigenvalue weighted by Gasteiger charge is 1.89. The van der Waals surface area contributed by atoms with Gasteiger partial charge < -0.3 is 0 Å². The number of rotatable bonds is 14. The molecule has 0 radical (unpaired) electrons. The lowest BCUT2D eigenvalue weighted by molar-refractivity contribution is 0.613. The highest BCUT2D eigenvalue weighted by molar-refractivity contribution is 7.16. The molecule has 0 aromatic carbocycles. The zero-order chi connectivity index (χ0) is 14.0. The molecule has 0 heterocycles. The van der Waals surface area contributed by atoms with E-state index in [4.69, 9.17) is 0 Å². The molecule has 1 atom stereocenters. The molecule has 0 aromatic heterocycles. The highest BCUT2D eigenvalue weighted by Crippen LogP contribution is 2.08. The number of hydrogen-bond acceptors (Lipinski definition) is 0. The standard InChI is InChI=1S/C18H35P/c1-2-3-4-5-6-7-8-9-10-11-12-13-14-15-16-17-18-19/h6-7,9-10H,2-5,8,11-19H2,1H3/b7-6-,10-9-. The first-order chi connectivity index (χ1) is 9.41. The zero-order valence-electron chi connectivity index (χ0n) is 13.1. The summed E-state index contributed by atoms with van der Waals surface area (Å²) in [6.45, 7) is 2.26. The second-order valence-corrected chi connectivity index (χ2v) is 5.95. The summed E-state index contributed by atoms with van der Waals surface area (Å²) in [7, 11) is 2.81. The van der Waals surface area contributed by atoms with Gasteiger partial charge in [0.15, 0.2) is 0 Å². The van der Waals surface area contributed by atoms with Gasteiger partial charge in [-0.2, -0.15) is 0 Å². The van der Waals surface area contributed by atoms with Gasteiger partial charge in [-0.05, 0) is 44.7 Å². The van der Waals surface area contributed by atoms with Crippen molar-refractivity contribution in [1.29, 1.82) is 0 Å². The highest BCUT2D eigenvalue weighted by atomic mass is 31.0. The summed E-state index contributed by atoms with van der Waals surface area (Å²) in [5, 5.41) is 0. The van der Waals surface area contributed by atoms with Crippen LogP contribution in [-0.4, -0.2) is 6.16 Å². The van der Waals surface area contributed by atoms with Crippen LogP contribution in [0.1, 0.15) is 84.0 Å². The van der Waals surface area contributed by atoms with Gasteiger partial charge in [0.2, 0.25) is 0 Å². The van der Waals surface area contributed by atoms with Gasteiger partial charge in [0.1, 0.15) is 0 Å². The molecule has 0 fully saturated rings. The first-order valence-corrected chi connectivity index (χ1v) is 9.23. The van der Waals surface area contributed by atoms with Gasteiger partial charge in [-0.15, -0.1) is 9.24 Å². The van der Waals surface area contributed by atoms with Crippen molar-refractivity contribution in [2.45, 2.75) is 84.0 Å². The molecule has 0 aliphatic heterocycles. The second kappa shape index (κ2) is 17.9. The Morgan fingerprint density at radius 3 is 1.74 bits per heavy atom. The summed E-state index contributed by atoms with van der Waals surface area (Å²) in [4.78, 5) is 0. The van der Waals surface area contributed by atoms with Crippen molar-refractivity contribution in [3.8, 4) is 0 Å². The van der Waals surface area contributed by atoms with Crippen molar-refractivity contribution >= 4 is 9.24 Å². The maximum absolute atomic E-state index is 2.81. The van der Waals surface area contributed by atoms with Crippen LogP contribution in [-0.2, 0) is 0 Å². The molecule has 0 amide bonds. The molecule has 0 aliphatic carbocycles. The fourth-order valence-corrected chi connectivity index (χ4v) is 2.42. The van der Waals surface area contributed by atoms with E-state index in [2.05, 4.69) is 40.5 Å². The maximum Gasteiger partial charge on any atom is -0.0169 e. The minimum Gasteiger partial charge on any atom is -0.138 e. The molecule has 0 spiro atoms. The quantitative estimate of drug-likeness (QED) is 0.189. The Bertz CT molecular complexity index is 206. The average Bonchev–Trinajstić information content (AvgIpc) is 2.43. The molecular weight excluding hydrogens is 247 g/mol. The predicted molar refractivity (Wildman–Crippen MR) is 93.9 cm³/mol. The van der Waals surface area contributed by atoms with Crippen LogP contribution in [0.4, 0.5) is 0 Å². The maximum atomic E-state index is 2.81. The van der Waals surface area contributed by atoms with Crippen LogP contribution >= 0.6 is 9.24 Å². The monoisotopic (exact) mass is 282 g/mol. The first kappa shape index (κ1) is 18.9. The van der Waals surface area contributed by atoms with E-state index in [0.29, 0.717) is 0 Å². The van der Waals surface area contributed by atoms with E-state index in [1.807, 2.05) is 0 Å². The van der Waals surface area contributed by atoms with E-state index >= 15 is 0 Å². The van der Waals surface area contributed by atoms with Gasteiger partial charge in [-0.25, -0.2) is 0 Å².